The molecule has 0 bridgehead atoms. The van der Waals surface area contributed by atoms with Crippen LogP contribution >= 0.6 is 0 Å². The van der Waals surface area contributed by atoms with Gasteiger partial charge in [-0.3, -0.25) is 4.79 Å². The molecule has 0 aliphatic carbocycles. The predicted octanol–water partition coefficient (Wildman–Crippen LogP) is 2.82. The highest BCUT2D eigenvalue weighted by atomic mass is 19.3. The Morgan fingerprint density at radius 2 is 2.06 bits per heavy atom. The lowest BCUT2D eigenvalue weighted by Gasteiger charge is -2.13. The molecule has 0 spiro atoms. The molecule has 0 aliphatic rings. The number of hydrogen-bond donors (Lipinski definition) is 1. The second-order valence-corrected chi connectivity index (χ2v) is 3.36. The van der Waals surface area contributed by atoms with Crippen molar-refractivity contribution in [2.45, 2.75) is 19.3 Å². The van der Waals surface area contributed by atoms with Crippen LogP contribution in [0, 0.1) is 0 Å². The number of carboxylic acid groups (broad SMARTS) is 1. The molecule has 0 fully saturated rings. The maximum Gasteiger partial charge on any atom is 0.310 e. The van der Waals surface area contributed by atoms with Gasteiger partial charge in [0.25, 0.3) is 6.43 Å². The third-order valence-electron chi connectivity index (χ3n) is 2.34. The standard InChI is InChI=1S/C11H12F2O3/c1-6(11(14)15)8-5-7(10(12)13)3-4-9(8)16-2/h3-6,10H,1-2H3,(H,14,15). The zero-order chi connectivity index (χ0) is 12.3. The fourth-order valence-electron chi connectivity index (χ4n) is 1.36. The Bertz CT molecular complexity index is 391. The number of carbonyl (C=O) groups is 1. The monoisotopic (exact) mass is 230 g/mol. The Balaban J connectivity index is 3.21. The molecule has 0 heterocycles. The van der Waals surface area contributed by atoms with E-state index in [1.807, 2.05) is 0 Å². The molecule has 5 heteroatoms. The van der Waals surface area contributed by atoms with Crippen molar-refractivity contribution in [3.63, 3.8) is 0 Å². The average Bonchev–Trinajstić information content (AvgIpc) is 2.26. The second kappa shape index (κ2) is 4.92. The van der Waals surface area contributed by atoms with E-state index >= 15 is 0 Å². The van der Waals surface area contributed by atoms with Crippen molar-refractivity contribution in [2.75, 3.05) is 7.11 Å². The fraction of sp³-hybridized carbons (Fsp3) is 0.364. The van der Waals surface area contributed by atoms with Crippen LogP contribution in [0.2, 0.25) is 0 Å². The van der Waals surface area contributed by atoms with E-state index in [1.54, 1.807) is 0 Å². The lowest BCUT2D eigenvalue weighted by molar-refractivity contribution is -0.138. The van der Waals surface area contributed by atoms with Gasteiger partial charge < -0.3 is 9.84 Å². The van der Waals surface area contributed by atoms with Crippen molar-refractivity contribution >= 4 is 5.97 Å². The number of carboxylic acids is 1. The topological polar surface area (TPSA) is 46.5 Å². The minimum Gasteiger partial charge on any atom is -0.496 e. The zero-order valence-electron chi connectivity index (χ0n) is 8.91. The van der Waals surface area contributed by atoms with Crippen molar-refractivity contribution in [1.29, 1.82) is 0 Å². The summed E-state index contributed by atoms with van der Waals surface area (Å²) in [5.41, 5.74) is 0.0525. The molecule has 1 rings (SSSR count). The molecule has 3 nitrogen and oxygen atoms in total. The van der Waals surface area contributed by atoms with Gasteiger partial charge in [0.1, 0.15) is 5.75 Å². The van der Waals surface area contributed by atoms with Crippen LogP contribution in [0.4, 0.5) is 8.78 Å². The van der Waals surface area contributed by atoms with E-state index in [9.17, 15) is 13.6 Å². The SMILES string of the molecule is COc1ccc(C(F)F)cc1C(C)C(=O)O. The van der Waals surface area contributed by atoms with Gasteiger partial charge in [0.2, 0.25) is 0 Å². The fourth-order valence-corrected chi connectivity index (χ4v) is 1.36. The summed E-state index contributed by atoms with van der Waals surface area (Å²) in [4.78, 5) is 10.8. The molecule has 1 unspecified atom stereocenters. The van der Waals surface area contributed by atoms with Gasteiger partial charge in [0, 0.05) is 11.1 Å². The van der Waals surface area contributed by atoms with Crippen LogP contribution in [0.15, 0.2) is 18.2 Å². The van der Waals surface area contributed by atoms with Gasteiger partial charge in [-0.25, -0.2) is 8.78 Å². The lowest BCUT2D eigenvalue weighted by atomic mass is 9.98. The highest BCUT2D eigenvalue weighted by Crippen LogP contribution is 2.31. The molecule has 16 heavy (non-hydrogen) atoms. The summed E-state index contributed by atoms with van der Waals surface area (Å²) < 4.78 is 29.9. The number of methoxy groups -OCH3 is 1. The van der Waals surface area contributed by atoms with Crippen molar-refractivity contribution in [1.82, 2.24) is 0 Å². The number of alkyl halides is 2. The third-order valence-corrected chi connectivity index (χ3v) is 2.34. The van der Waals surface area contributed by atoms with Crippen molar-refractivity contribution < 1.29 is 23.4 Å². The first kappa shape index (κ1) is 12.4. The number of ether oxygens (including phenoxy) is 1. The molecule has 0 aliphatic heterocycles. The van der Waals surface area contributed by atoms with E-state index in [1.165, 1.54) is 32.2 Å². The molecule has 0 aromatic heterocycles. The summed E-state index contributed by atoms with van der Waals surface area (Å²) in [7, 11) is 1.37. The predicted molar refractivity (Wildman–Crippen MR) is 54.0 cm³/mol. The van der Waals surface area contributed by atoms with Gasteiger partial charge in [-0.2, -0.15) is 0 Å². The van der Waals surface area contributed by atoms with Crippen molar-refractivity contribution in [3.8, 4) is 5.75 Å². The molecule has 88 valence electrons. The Labute approximate surface area is 91.7 Å². The lowest BCUT2D eigenvalue weighted by Crippen LogP contribution is -2.09. The summed E-state index contributed by atoms with van der Waals surface area (Å²) in [6, 6.07) is 3.75. The number of halogens is 2. The molecule has 1 N–H and O–H groups in total. The average molecular weight is 230 g/mol. The first-order valence-electron chi connectivity index (χ1n) is 4.66. The van der Waals surface area contributed by atoms with Crippen LogP contribution in [0.5, 0.6) is 5.75 Å². The summed E-state index contributed by atoms with van der Waals surface area (Å²) in [6.07, 6.45) is -2.62. The van der Waals surface area contributed by atoms with E-state index in [0.29, 0.717) is 5.75 Å². The highest BCUT2D eigenvalue weighted by molar-refractivity contribution is 5.76. The van der Waals surface area contributed by atoms with Crippen LogP contribution in [-0.2, 0) is 4.79 Å². The minimum atomic E-state index is -2.62. The minimum absolute atomic E-state index is 0.205. The summed E-state index contributed by atoms with van der Waals surface area (Å²) >= 11 is 0. The molecule has 1 aromatic carbocycles. The van der Waals surface area contributed by atoms with Crippen molar-refractivity contribution in [3.05, 3.63) is 29.3 Å². The normalized spacial score (nSPS) is 12.6. The largest absolute Gasteiger partial charge is 0.496 e. The van der Waals surface area contributed by atoms with Gasteiger partial charge in [-0.15, -0.1) is 0 Å². The number of aliphatic carboxylic acids is 1. The van der Waals surface area contributed by atoms with E-state index < -0.39 is 18.3 Å². The van der Waals surface area contributed by atoms with Crippen LogP contribution in [0.3, 0.4) is 0 Å². The molecule has 0 saturated heterocycles. The Morgan fingerprint density at radius 3 is 2.50 bits per heavy atom. The first-order valence-corrected chi connectivity index (χ1v) is 4.66. The van der Waals surface area contributed by atoms with E-state index in [2.05, 4.69) is 0 Å². The van der Waals surface area contributed by atoms with E-state index in [4.69, 9.17) is 9.84 Å². The van der Waals surface area contributed by atoms with Crippen LogP contribution in [-0.4, -0.2) is 18.2 Å². The summed E-state index contributed by atoms with van der Waals surface area (Å²) in [5, 5.41) is 8.84. The highest BCUT2D eigenvalue weighted by Gasteiger charge is 2.20. The molecule has 1 aromatic rings. The Kier molecular flexibility index (Phi) is 3.82. The van der Waals surface area contributed by atoms with Crippen LogP contribution < -0.4 is 4.74 Å². The molecular weight excluding hydrogens is 218 g/mol. The van der Waals surface area contributed by atoms with E-state index in [-0.39, 0.29) is 11.1 Å². The molecule has 0 amide bonds. The smallest absolute Gasteiger partial charge is 0.310 e. The van der Waals surface area contributed by atoms with Gasteiger partial charge in [-0.05, 0) is 25.1 Å². The first-order chi connectivity index (χ1) is 7.47. The third kappa shape index (κ3) is 2.48. The summed E-state index contributed by atoms with van der Waals surface area (Å²) in [6.45, 7) is 1.43. The number of benzene rings is 1. The Hall–Kier alpha value is -1.65. The maximum atomic E-state index is 12.5. The number of hydrogen-bond acceptors (Lipinski definition) is 2. The Morgan fingerprint density at radius 1 is 1.44 bits per heavy atom. The molecule has 0 radical (unpaired) electrons. The van der Waals surface area contributed by atoms with Gasteiger partial charge >= 0.3 is 5.97 Å². The maximum absolute atomic E-state index is 12.5. The van der Waals surface area contributed by atoms with Gasteiger partial charge in [-0.1, -0.05) is 0 Å². The quantitative estimate of drug-likeness (QED) is 0.865. The van der Waals surface area contributed by atoms with Crippen LogP contribution in [0.25, 0.3) is 0 Å². The van der Waals surface area contributed by atoms with E-state index in [0.717, 1.165) is 0 Å². The van der Waals surface area contributed by atoms with Crippen molar-refractivity contribution in [2.24, 2.45) is 0 Å². The zero-order valence-corrected chi connectivity index (χ0v) is 8.91. The molecule has 0 saturated carbocycles. The summed E-state index contributed by atoms with van der Waals surface area (Å²) in [5.74, 6) is -1.65. The number of rotatable bonds is 4. The second-order valence-electron chi connectivity index (χ2n) is 3.36. The molecular formula is C11H12F2O3. The van der Waals surface area contributed by atoms with Gasteiger partial charge in [0.05, 0.1) is 13.0 Å². The molecule has 1 atom stereocenters. The van der Waals surface area contributed by atoms with Gasteiger partial charge in [0.15, 0.2) is 0 Å². The van der Waals surface area contributed by atoms with Crippen LogP contribution in [0.1, 0.15) is 30.4 Å².